The quantitative estimate of drug-likeness (QED) is 0.719. The molecule has 0 amide bonds. The second kappa shape index (κ2) is 3.49. The third-order valence-electron chi connectivity index (χ3n) is 4.47. The Kier molecular flexibility index (Phi) is 2.27. The van der Waals surface area contributed by atoms with Gasteiger partial charge in [0.15, 0.2) is 0 Å². The maximum atomic E-state index is 10.3. The average Bonchev–Trinajstić information content (AvgIpc) is 2.74. The number of anilines is 1. The van der Waals surface area contributed by atoms with Crippen LogP contribution < -0.4 is 5.32 Å². The van der Waals surface area contributed by atoms with Gasteiger partial charge in [-0.1, -0.05) is 19.1 Å². The van der Waals surface area contributed by atoms with E-state index in [4.69, 9.17) is 0 Å². The minimum absolute atomic E-state index is 0.215. The lowest BCUT2D eigenvalue weighted by atomic mass is 9.78. The van der Waals surface area contributed by atoms with E-state index >= 15 is 0 Å². The summed E-state index contributed by atoms with van der Waals surface area (Å²) >= 11 is 0. The average molecular weight is 231 g/mol. The van der Waals surface area contributed by atoms with Gasteiger partial charge in [0.25, 0.3) is 0 Å². The summed E-state index contributed by atoms with van der Waals surface area (Å²) in [4.78, 5) is 0. The normalized spacial score (nSPS) is 29.4. The first-order valence-corrected chi connectivity index (χ1v) is 6.61. The van der Waals surface area contributed by atoms with Gasteiger partial charge >= 0.3 is 0 Å². The molecule has 3 rings (SSSR count). The zero-order valence-electron chi connectivity index (χ0n) is 10.9. The molecule has 2 heteroatoms. The predicted octanol–water partition coefficient (Wildman–Crippen LogP) is 2.84. The molecule has 2 atom stereocenters. The number of benzene rings is 1. The number of aryl methyl sites for hydroxylation is 1. The molecule has 2 aliphatic rings. The Morgan fingerprint density at radius 3 is 2.82 bits per heavy atom. The molecule has 17 heavy (non-hydrogen) atoms. The number of hydrogen-bond donors (Lipinski definition) is 2. The molecule has 2 nitrogen and oxygen atoms in total. The van der Waals surface area contributed by atoms with Gasteiger partial charge in [0.05, 0.1) is 11.6 Å². The molecule has 0 spiro atoms. The third-order valence-corrected chi connectivity index (χ3v) is 4.47. The number of fused-ring (bicyclic) bond motifs is 3. The van der Waals surface area contributed by atoms with E-state index in [9.17, 15) is 5.11 Å². The van der Waals surface area contributed by atoms with Crippen LogP contribution in [-0.2, 0) is 12.8 Å². The van der Waals surface area contributed by atoms with Gasteiger partial charge < -0.3 is 10.4 Å². The van der Waals surface area contributed by atoms with Crippen LogP contribution in [0.25, 0.3) is 0 Å². The number of hydrogen-bond acceptors (Lipinski definition) is 2. The van der Waals surface area contributed by atoms with Crippen molar-refractivity contribution in [2.24, 2.45) is 0 Å². The van der Waals surface area contributed by atoms with E-state index in [1.165, 1.54) is 41.6 Å². The first-order valence-electron chi connectivity index (χ1n) is 6.61. The minimum Gasteiger partial charge on any atom is -0.390 e. The fourth-order valence-electron chi connectivity index (χ4n) is 3.40. The van der Waals surface area contributed by atoms with Crippen molar-refractivity contribution in [3.8, 4) is 0 Å². The van der Waals surface area contributed by atoms with Crippen LogP contribution in [0.2, 0.25) is 0 Å². The van der Waals surface area contributed by atoms with Crippen molar-refractivity contribution in [3.05, 3.63) is 28.8 Å². The number of aliphatic hydroxyl groups excluding tert-OH is 1. The number of rotatable bonds is 0. The Hall–Kier alpha value is -1.02. The fourth-order valence-corrected chi connectivity index (χ4v) is 3.40. The van der Waals surface area contributed by atoms with Crippen LogP contribution in [0.4, 0.5) is 5.69 Å². The smallest absolute Gasteiger partial charge is 0.0830 e. The van der Waals surface area contributed by atoms with Crippen LogP contribution in [0.1, 0.15) is 49.8 Å². The SMILES string of the molecule is CC1c2ccc3c(c2NC(C)(C)C1O)CCC3. The minimum atomic E-state index is -0.325. The van der Waals surface area contributed by atoms with E-state index in [1.807, 2.05) is 0 Å². The van der Waals surface area contributed by atoms with Crippen molar-refractivity contribution in [2.75, 3.05) is 5.32 Å². The highest BCUT2D eigenvalue weighted by molar-refractivity contribution is 5.66. The maximum Gasteiger partial charge on any atom is 0.0830 e. The second-order valence-corrected chi connectivity index (χ2v) is 6.10. The lowest BCUT2D eigenvalue weighted by Gasteiger charge is -2.43. The van der Waals surface area contributed by atoms with Gasteiger partial charge in [-0.2, -0.15) is 0 Å². The molecular weight excluding hydrogens is 210 g/mol. The molecule has 0 aromatic heterocycles. The number of nitrogens with one attached hydrogen (secondary N) is 1. The molecule has 0 saturated carbocycles. The molecule has 1 aliphatic heterocycles. The van der Waals surface area contributed by atoms with Crippen molar-refractivity contribution < 1.29 is 5.11 Å². The highest BCUT2D eigenvalue weighted by atomic mass is 16.3. The van der Waals surface area contributed by atoms with Gasteiger partial charge in [-0.15, -0.1) is 0 Å². The summed E-state index contributed by atoms with van der Waals surface area (Å²) in [6.45, 7) is 6.31. The van der Waals surface area contributed by atoms with Crippen molar-refractivity contribution in [1.82, 2.24) is 0 Å². The Bertz CT molecular complexity index is 464. The molecule has 0 radical (unpaired) electrons. The zero-order valence-corrected chi connectivity index (χ0v) is 10.9. The molecule has 1 heterocycles. The Morgan fingerprint density at radius 2 is 2.06 bits per heavy atom. The first kappa shape index (κ1) is 11.1. The lowest BCUT2D eigenvalue weighted by Crippen LogP contribution is -2.50. The Labute approximate surface area is 103 Å². The van der Waals surface area contributed by atoms with Crippen molar-refractivity contribution >= 4 is 5.69 Å². The summed E-state index contributed by atoms with van der Waals surface area (Å²) in [5.74, 6) is 0.215. The fraction of sp³-hybridized carbons (Fsp3) is 0.600. The second-order valence-electron chi connectivity index (χ2n) is 6.10. The van der Waals surface area contributed by atoms with Gasteiger partial charge in [-0.05, 0) is 49.8 Å². The van der Waals surface area contributed by atoms with Crippen LogP contribution in [0.3, 0.4) is 0 Å². The summed E-state index contributed by atoms with van der Waals surface area (Å²) in [6.07, 6.45) is 3.34. The summed E-state index contributed by atoms with van der Waals surface area (Å²) < 4.78 is 0. The molecule has 0 bridgehead atoms. The van der Waals surface area contributed by atoms with Crippen LogP contribution in [-0.4, -0.2) is 16.7 Å². The van der Waals surface area contributed by atoms with Gasteiger partial charge in [-0.3, -0.25) is 0 Å². The Morgan fingerprint density at radius 1 is 1.29 bits per heavy atom. The van der Waals surface area contributed by atoms with E-state index in [0.29, 0.717) is 0 Å². The van der Waals surface area contributed by atoms with E-state index in [2.05, 4.69) is 38.2 Å². The van der Waals surface area contributed by atoms with Crippen molar-refractivity contribution in [2.45, 2.75) is 57.6 Å². The molecule has 2 unspecified atom stereocenters. The van der Waals surface area contributed by atoms with Gasteiger partial charge in [0.2, 0.25) is 0 Å². The lowest BCUT2D eigenvalue weighted by molar-refractivity contribution is 0.0868. The molecule has 1 aliphatic carbocycles. The number of aliphatic hydroxyl groups is 1. The zero-order chi connectivity index (χ0) is 12.2. The standard InChI is InChI=1S/C15H21NO/c1-9-11-8-7-10-5-4-6-12(10)13(11)16-15(2,3)14(9)17/h7-9,14,16-17H,4-6H2,1-3H3. The monoisotopic (exact) mass is 231 g/mol. The third kappa shape index (κ3) is 1.50. The van der Waals surface area contributed by atoms with Gasteiger partial charge in [0, 0.05) is 11.6 Å². The van der Waals surface area contributed by atoms with Crippen molar-refractivity contribution in [3.63, 3.8) is 0 Å². The van der Waals surface area contributed by atoms with E-state index in [1.54, 1.807) is 0 Å². The van der Waals surface area contributed by atoms with Crippen LogP contribution in [0, 0.1) is 0 Å². The van der Waals surface area contributed by atoms with E-state index in [0.717, 1.165) is 0 Å². The summed E-state index contributed by atoms with van der Waals surface area (Å²) in [6, 6.07) is 4.46. The molecule has 92 valence electrons. The summed E-state index contributed by atoms with van der Waals surface area (Å²) in [7, 11) is 0. The van der Waals surface area contributed by atoms with E-state index < -0.39 is 0 Å². The first-order chi connectivity index (χ1) is 8.00. The molecule has 1 aromatic carbocycles. The highest BCUT2D eigenvalue weighted by Crippen LogP contribution is 2.43. The molecule has 1 aromatic rings. The van der Waals surface area contributed by atoms with E-state index in [-0.39, 0.29) is 17.6 Å². The topological polar surface area (TPSA) is 32.3 Å². The largest absolute Gasteiger partial charge is 0.390 e. The molecule has 0 fully saturated rings. The summed E-state index contributed by atoms with van der Waals surface area (Å²) in [5, 5.41) is 13.9. The highest BCUT2D eigenvalue weighted by Gasteiger charge is 2.39. The van der Waals surface area contributed by atoms with Crippen molar-refractivity contribution in [1.29, 1.82) is 0 Å². The van der Waals surface area contributed by atoms with Crippen LogP contribution in [0.15, 0.2) is 12.1 Å². The maximum absolute atomic E-state index is 10.3. The Balaban J connectivity index is 2.16. The molecule has 0 saturated heterocycles. The van der Waals surface area contributed by atoms with Gasteiger partial charge in [0.1, 0.15) is 0 Å². The van der Waals surface area contributed by atoms with Gasteiger partial charge in [-0.25, -0.2) is 0 Å². The van der Waals surface area contributed by atoms with Crippen LogP contribution >= 0.6 is 0 Å². The predicted molar refractivity (Wildman–Crippen MR) is 70.6 cm³/mol. The molecule has 2 N–H and O–H groups in total. The molecular formula is C15H21NO. The summed E-state index contributed by atoms with van der Waals surface area (Å²) in [5.41, 5.74) is 5.36. The van der Waals surface area contributed by atoms with Crippen LogP contribution in [0.5, 0.6) is 0 Å².